The number of phenols is 1. The molecule has 0 aliphatic heterocycles. The molecule has 1 rings (SSSR count). The molecule has 1 aromatic rings. The standard InChI is InChI=1S/C15H25NO3/c1-6-16(11(2)10-18-4)12(3)13-7-8-14(17)15(9-13)19-5/h7-9,11-12,17H,6,10H2,1-5H3. The van der Waals surface area contributed by atoms with Crippen LogP contribution in [0.1, 0.15) is 32.4 Å². The van der Waals surface area contributed by atoms with Gasteiger partial charge in [0.05, 0.1) is 13.7 Å². The summed E-state index contributed by atoms with van der Waals surface area (Å²) in [5.41, 5.74) is 1.12. The van der Waals surface area contributed by atoms with E-state index in [9.17, 15) is 5.11 Å². The Labute approximate surface area is 115 Å². The molecule has 0 spiro atoms. The zero-order valence-electron chi connectivity index (χ0n) is 12.5. The summed E-state index contributed by atoms with van der Waals surface area (Å²) in [6, 6.07) is 6.08. The van der Waals surface area contributed by atoms with Crippen molar-refractivity contribution in [1.82, 2.24) is 4.90 Å². The van der Waals surface area contributed by atoms with Crippen molar-refractivity contribution in [3.8, 4) is 11.5 Å². The average Bonchev–Trinajstić information content (AvgIpc) is 2.40. The fourth-order valence-corrected chi connectivity index (χ4v) is 2.45. The minimum atomic E-state index is 0.173. The third-order valence-corrected chi connectivity index (χ3v) is 3.52. The lowest BCUT2D eigenvalue weighted by molar-refractivity contribution is 0.0781. The highest BCUT2D eigenvalue weighted by molar-refractivity contribution is 5.42. The number of rotatable bonds is 7. The minimum absolute atomic E-state index is 0.173. The van der Waals surface area contributed by atoms with Gasteiger partial charge in [-0.1, -0.05) is 13.0 Å². The van der Waals surface area contributed by atoms with E-state index in [1.54, 1.807) is 20.3 Å². The Hall–Kier alpha value is -1.26. The molecule has 2 unspecified atom stereocenters. The van der Waals surface area contributed by atoms with Gasteiger partial charge >= 0.3 is 0 Å². The summed E-state index contributed by atoms with van der Waals surface area (Å²) in [5, 5.41) is 9.65. The van der Waals surface area contributed by atoms with Gasteiger partial charge in [-0.2, -0.15) is 0 Å². The predicted molar refractivity (Wildman–Crippen MR) is 76.8 cm³/mol. The molecule has 1 aromatic carbocycles. The summed E-state index contributed by atoms with van der Waals surface area (Å²) in [6.45, 7) is 8.09. The second kappa shape index (κ2) is 7.36. The minimum Gasteiger partial charge on any atom is -0.504 e. The zero-order chi connectivity index (χ0) is 14.4. The van der Waals surface area contributed by atoms with E-state index >= 15 is 0 Å². The number of hydrogen-bond acceptors (Lipinski definition) is 4. The lowest BCUT2D eigenvalue weighted by Crippen LogP contribution is -2.38. The number of phenolic OH excluding ortho intramolecular Hbond substituents is 1. The Morgan fingerprint density at radius 3 is 2.47 bits per heavy atom. The van der Waals surface area contributed by atoms with Gasteiger partial charge in [0.15, 0.2) is 11.5 Å². The van der Waals surface area contributed by atoms with Crippen LogP contribution in [0.4, 0.5) is 0 Å². The van der Waals surface area contributed by atoms with E-state index in [0.29, 0.717) is 18.4 Å². The molecule has 0 fully saturated rings. The molecule has 0 aromatic heterocycles. The molecule has 0 amide bonds. The van der Waals surface area contributed by atoms with Crippen molar-refractivity contribution >= 4 is 0 Å². The molecule has 0 radical (unpaired) electrons. The SMILES string of the molecule is CCN(C(C)COC)C(C)c1ccc(O)c(OC)c1. The number of likely N-dealkylation sites (N-methyl/N-ethyl adjacent to an activating group) is 1. The maximum Gasteiger partial charge on any atom is 0.160 e. The first-order valence-electron chi connectivity index (χ1n) is 6.66. The van der Waals surface area contributed by atoms with E-state index in [1.165, 1.54) is 0 Å². The van der Waals surface area contributed by atoms with Crippen LogP contribution in [0.15, 0.2) is 18.2 Å². The van der Waals surface area contributed by atoms with Gasteiger partial charge in [0.2, 0.25) is 0 Å². The Balaban J connectivity index is 2.93. The van der Waals surface area contributed by atoms with Gasteiger partial charge in [-0.05, 0) is 38.1 Å². The van der Waals surface area contributed by atoms with Crippen LogP contribution < -0.4 is 4.74 Å². The monoisotopic (exact) mass is 267 g/mol. The highest BCUT2D eigenvalue weighted by Crippen LogP contribution is 2.31. The summed E-state index contributed by atoms with van der Waals surface area (Å²) in [6.07, 6.45) is 0. The third kappa shape index (κ3) is 3.85. The third-order valence-electron chi connectivity index (χ3n) is 3.52. The van der Waals surface area contributed by atoms with Crippen molar-refractivity contribution in [3.63, 3.8) is 0 Å². The summed E-state index contributed by atoms with van der Waals surface area (Å²) in [4.78, 5) is 2.36. The van der Waals surface area contributed by atoms with Crippen LogP contribution in [0.3, 0.4) is 0 Å². The quantitative estimate of drug-likeness (QED) is 0.825. The molecule has 1 N–H and O–H groups in total. The van der Waals surface area contributed by atoms with Crippen LogP contribution in [-0.2, 0) is 4.74 Å². The van der Waals surface area contributed by atoms with Crippen molar-refractivity contribution in [2.75, 3.05) is 27.4 Å². The highest BCUT2D eigenvalue weighted by Gasteiger charge is 2.20. The zero-order valence-corrected chi connectivity index (χ0v) is 12.5. The van der Waals surface area contributed by atoms with E-state index < -0.39 is 0 Å². The first-order chi connectivity index (χ1) is 9.04. The van der Waals surface area contributed by atoms with E-state index in [0.717, 1.165) is 12.1 Å². The van der Waals surface area contributed by atoms with Crippen molar-refractivity contribution in [3.05, 3.63) is 23.8 Å². The summed E-state index contributed by atoms with van der Waals surface area (Å²) in [7, 11) is 3.28. The van der Waals surface area contributed by atoms with E-state index in [2.05, 4.69) is 25.7 Å². The number of nitrogens with zero attached hydrogens (tertiary/aromatic N) is 1. The second-order valence-corrected chi connectivity index (χ2v) is 4.74. The molecule has 2 atom stereocenters. The molecule has 0 saturated carbocycles. The number of methoxy groups -OCH3 is 2. The fraction of sp³-hybridized carbons (Fsp3) is 0.600. The van der Waals surface area contributed by atoms with Gasteiger partial charge in [0.1, 0.15) is 0 Å². The van der Waals surface area contributed by atoms with Crippen molar-refractivity contribution in [2.24, 2.45) is 0 Å². The summed E-state index contributed by atoms with van der Waals surface area (Å²) in [5.74, 6) is 0.686. The number of ether oxygens (including phenoxy) is 2. The molecule has 0 heterocycles. The Kier molecular flexibility index (Phi) is 6.12. The molecule has 0 aliphatic rings. The van der Waals surface area contributed by atoms with Crippen molar-refractivity contribution < 1.29 is 14.6 Å². The normalized spacial score (nSPS) is 14.4. The topological polar surface area (TPSA) is 41.9 Å². The molecule has 4 nitrogen and oxygen atoms in total. The van der Waals surface area contributed by atoms with Crippen molar-refractivity contribution in [1.29, 1.82) is 0 Å². The Morgan fingerprint density at radius 2 is 1.95 bits per heavy atom. The number of aromatic hydroxyl groups is 1. The number of hydrogen-bond donors (Lipinski definition) is 1. The molecule has 0 bridgehead atoms. The van der Waals surface area contributed by atoms with Crippen LogP contribution >= 0.6 is 0 Å². The Morgan fingerprint density at radius 1 is 1.26 bits per heavy atom. The summed E-state index contributed by atoms with van der Waals surface area (Å²) >= 11 is 0. The first-order valence-corrected chi connectivity index (χ1v) is 6.66. The van der Waals surface area contributed by atoms with Crippen LogP contribution in [0.25, 0.3) is 0 Å². The molecule has 0 saturated heterocycles. The first kappa shape index (κ1) is 15.8. The predicted octanol–water partition coefficient (Wildman–Crippen LogP) is 2.82. The maximum absolute atomic E-state index is 9.65. The lowest BCUT2D eigenvalue weighted by atomic mass is 10.0. The smallest absolute Gasteiger partial charge is 0.160 e. The van der Waals surface area contributed by atoms with Gasteiger partial charge in [0.25, 0.3) is 0 Å². The van der Waals surface area contributed by atoms with Crippen molar-refractivity contribution in [2.45, 2.75) is 32.9 Å². The molecule has 4 heteroatoms. The van der Waals surface area contributed by atoms with E-state index in [1.807, 2.05) is 12.1 Å². The molecule has 19 heavy (non-hydrogen) atoms. The highest BCUT2D eigenvalue weighted by atomic mass is 16.5. The molecular formula is C15H25NO3. The lowest BCUT2D eigenvalue weighted by Gasteiger charge is -2.33. The van der Waals surface area contributed by atoms with Crippen LogP contribution in [0.5, 0.6) is 11.5 Å². The summed E-state index contributed by atoms with van der Waals surface area (Å²) < 4.78 is 10.4. The van der Waals surface area contributed by atoms with Crippen LogP contribution in [-0.4, -0.2) is 43.4 Å². The van der Waals surface area contributed by atoms with E-state index in [4.69, 9.17) is 9.47 Å². The van der Waals surface area contributed by atoms with Gasteiger partial charge in [-0.15, -0.1) is 0 Å². The maximum atomic E-state index is 9.65. The van der Waals surface area contributed by atoms with Gasteiger partial charge in [-0.3, -0.25) is 4.90 Å². The number of benzene rings is 1. The largest absolute Gasteiger partial charge is 0.504 e. The van der Waals surface area contributed by atoms with E-state index in [-0.39, 0.29) is 11.8 Å². The average molecular weight is 267 g/mol. The second-order valence-electron chi connectivity index (χ2n) is 4.74. The molecule has 108 valence electrons. The molecular weight excluding hydrogens is 242 g/mol. The molecule has 0 aliphatic carbocycles. The van der Waals surface area contributed by atoms with Gasteiger partial charge in [0, 0.05) is 19.2 Å². The Bertz CT molecular complexity index is 395. The van der Waals surface area contributed by atoms with Crippen LogP contribution in [0, 0.1) is 0 Å². The van der Waals surface area contributed by atoms with Crippen LogP contribution in [0.2, 0.25) is 0 Å². The fourth-order valence-electron chi connectivity index (χ4n) is 2.45. The van der Waals surface area contributed by atoms with Gasteiger partial charge in [-0.25, -0.2) is 0 Å². The van der Waals surface area contributed by atoms with Gasteiger partial charge < -0.3 is 14.6 Å².